The number of aromatic nitrogens is 1. The average Bonchev–Trinajstić information content (AvgIpc) is 2.76. The zero-order valence-electron chi connectivity index (χ0n) is 9.59. The normalized spacial score (nSPS) is 10.3. The Hall–Kier alpha value is -2.07. The molecule has 1 aromatic carbocycles. The topological polar surface area (TPSA) is 111 Å². The predicted molar refractivity (Wildman–Crippen MR) is 75.2 cm³/mol. The molecule has 3 N–H and O–H groups in total. The molecule has 0 radical (unpaired) electrons. The molecule has 0 atom stereocenters. The molecule has 20 heavy (non-hydrogen) atoms. The quantitative estimate of drug-likeness (QED) is 0.496. The molecule has 0 bridgehead atoms. The second-order valence-corrected chi connectivity index (χ2v) is 5.98. The van der Waals surface area contributed by atoms with Gasteiger partial charge in [-0.1, -0.05) is 11.3 Å². The molecule has 0 fully saturated rings. The minimum atomic E-state index is -0.920. The minimum absolute atomic E-state index is 0.258. The first kappa shape index (κ1) is 14.3. The number of hydrogen-bond acceptors (Lipinski definition) is 6. The zero-order valence-corrected chi connectivity index (χ0v) is 12.0. The fraction of sp³-hybridized carbons (Fsp3) is 0. The fourth-order valence-electron chi connectivity index (χ4n) is 1.42. The number of anilines is 2. The third-order valence-corrected chi connectivity index (χ3v) is 3.65. The second kappa shape index (κ2) is 5.51. The van der Waals surface area contributed by atoms with E-state index in [0.717, 1.165) is 17.4 Å². The van der Waals surface area contributed by atoms with Gasteiger partial charge in [0.15, 0.2) is 5.13 Å². The highest BCUT2D eigenvalue weighted by Crippen LogP contribution is 2.28. The van der Waals surface area contributed by atoms with Crippen LogP contribution in [0.5, 0.6) is 0 Å². The summed E-state index contributed by atoms with van der Waals surface area (Å²) in [5, 5.41) is 13.4. The molecule has 1 heterocycles. The van der Waals surface area contributed by atoms with E-state index in [4.69, 9.17) is 5.73 Å². The number of nitrogens with one attached hydrogen (secondary N) is 1. The van der Waals surface area contributed by atoms with Gasteiger partial charge < -0.3 is 5.73 Å². The number of nitro benzene ring substituents is 1. The first-order valence-corrected chi connectivity index (χ1v) is 6.65. The fourth-order valence-corrected chi connectivity index (χ4v) is 2.52. The lowest BCUT2D eigenvalue weighted by molar-refractivity contribution is -0.384. The Balaban J connectivity index is 2.37. The van der Waals surface area contributed by atoms with E-state index in [9.17, 15) is 19.3 Å². The number of nitrogens with two attached hydrogens (primary N) is 1. The number of rotatable bonds is 3. The van der Waals surface area contributed by atoms with Crippen molar-refractivity contribution in [1.29, 1.82) is 0 Å². The molecule has 0 aliphatic carbocycles. The summed E-state index contributed by atoms with van der Waals surface area (Å²) in [7, 11) is 0. The number of thiazole rings is 1. The highest BCUT2D eigenvalue weighted by atomic mass is 79.9. The summed E-state index contributed by atoms with van der Waals surface area (Å²) in [6.45, 7) is 0. The molecule has 1 aromatic heterocycles. The summed E-state index contributed by atoms with van der Waals surface area (Å²) < 4.78 is 14.0. The van der Waals surface area contributed by atoms with Crippen LogP contribution < -0.4 is 11.1 Å². The number of nitrogens with zero attached hydrogens (tertiary/aromatic N) is 2. The molecular weight excluding hydrogens is 355 g/mol. The second-order valence-electron chi connectivity index (χ2n) is 3.57. The minimum Gasteiger partial charge on any atom is -0.393 e. The van der Waals surface area contributed by atoms with Gasteiger partial charge in [-0.2, -0.15) is 0 Å². The summed E-state index contributed by atoms with van der Waals surface area (Å²) in [6, 6.07) is 1.49. The van der Waals surface area contributed by atoms with E-state index in [1.807, 2.05) is 0 Å². The molecule has 2 rings (SSSR count). The first-order chi connectivity index (χ1) is 9.38. The van der Waals surface area contributed by atoms with E-state index in [1.165, 1.54) is 6.20 Å². The van der Waals surface area contributed by atoms with Gasteiger partial charge in [0.2, 0.25) is 0 Å². The zero-order chi connectivity index (χ0) is 14.9. The van der Waals surface area contributed by atoms with E-state index in [2.05, 4.69) is 26.2 Å². The molecule has 0 aliphatic heterocycles. The van der Waals surface area contributed by atoms with Crippen LogP contribution in [0.15, 0.2) is 22.1 Å². The van der Waals surface area contributed by atoms with Gasteiger partial charge in [-0.15, -0.1) is 0 Å². The lowest BCUT2D eigenvalue weighted by Crippen LogP contribution is -2.15. The van der Waals surface area contributed by atoms with Gasteiger partial charge in [-0.3, -0.25) is 20.2 Å². The number of hydrogen-bond donors (Lipinski definition) is 2. The lowest BCUT2D eigenvalue weighted by Gasteiger charge is -2.06. The molecule has 10 heteroatoms. The Morgan fingerprint density at radius 3 is 2.80 bits per heavy atom. The van der Waals surface area contributed by atoms with E-state index in [-0.39, 0.29) is 10.7 Å². The number of amides is 1. The standard InChI is InChI=1S/C10H6BrFN4O3S/c11-7-3-14-10(20-7)15-9(17)5-1-4(12)2-6(8(5)13)16(18)19/h1-3H,13H2,(H,14,15,17). The van der Waals surface area contributed by atoms with Crippen molar-refractivity contribution >= 4 is 49.7 Å². The van der Waals surface area contributed by atoms with Gasteiger partial charge >= 0.3 is 0 Å². The van der Waals surface area contributed by atoms with Crippen LogP contribution in [0.2, 0.25) is 0 Å². The number of benzene rings is 1. The SMILES string of the molecule is Nc1c(C(=O)Nc2ncc(Br)s2)cc(F)cc1[N+](=O)[O-]. The first-order valence-electron chi connectivity index (χ1n) is 5.04. The molecule has 7 nitrogen and oxygen atoms in total. The number of carbonyl (C=O) groups excluding carboxylic acids is 1. The Bertz CT molecular complexity index is 706. The summed E-state index contributed by atoms with van der Waals surface area (Å²) in [5.74, 6) is -1.69. The number of nitro groups is 1. The van der Waals surface area contributed by atoms with Crippen LogP contribution in [0.1, 0.15) is 10.4 Å². The van der Waals surface area contributed by atoms with E-state index in [1.54, 1.807) is 0 Å². The van der Waals surface area contributed by atoms with Gasteiger partial charge in [-0.05, 0) is 22.0 Å². The number of halogens is 2. The average molecular weight is 361 g/mol. The summed E-state index contributed by atoms with van der Waals surface area (Å²) in [6.07, 6.45) is 1.47. The molecule has 0 unspecified atom stereocenters. The summed E-state index contributed by atoms with van der Waals surface area (Å²) >= 11 is 4.30. The van der Waals surface area contributed by atoms with Crippen molar-refractivity contribution in [2.75, 3.05) is 11.1 Å². The van der Waals surface area contributed by atoms with Crippen LogP contribution in [0.25, 0.3) is 0 Å². The van der Waals surface area contributed by atoms with Crippen molar-refractivity contribution in [1.82, 2.24) is 4.98 Å². The summed E-state index contributed by atoms with van der Waals surface area (Å²) in [5.41, 5.74) is 4.15. The van der Waals surface area contributed by atoms with Gasteiger partial charge in [0.1, 0.15) is 11.5 Å². The molecule has 2 aromatic rings. The van der Waals surface area contributed by atoms with E-state index in [0.29, 0.717) is 9.85 Å². The van der Waals surface area contributed by atoms with Crippen molar-refractivity contribution in [3.05, 3.63) is 43.6 Å². The maximum Gasteiger partial charge on any atom is 0.295 e. The Kier molecular flexibility index (Phi) is 3.95. The Morgan fingerprint density at radius 1 is 1.55 bits per heavy atom. The molecule has 104 valence electrons. The monoisotopic (exact) mass is 360 g/mol. The number of carbonyl (C=O) groups is 1. The third kappa shape index (κ3) is 2.91. The van der Waals surface area contributed by atoms with Crippen molar-refractivity contribution in [3.63, 3.8) is 0 Å². The van der Waals surface area contributed by atoms with Gasteiger partial charge in [0.05, 0.1) is 26.5 Å². The molecular formula is C10H6BrFN4O3S. The van der Waals surface area contributed by atoms with Crippen molar-refractivity contribution in [3.8, 4) is 0 Å². The highest BCUT2D eigenvalue weighted by molar-refractivity contribution is 9.11. The molecule has 1 amide bonds. The predicted octanol–water partition coefficient (Wildman–Crippen LogP) is 2.79. The molecule has 0 aliphatic rings. The largest absolute Gasteiger partial charge is 0.393 e. The van der Waals surface area contributed by atoms with Crippen LogP contribution in [0.4, 0.5) is 20.9 Å². The third-order valence-electron chi connectivity index (χ3n) is 2.26. The van der Waals surface area contributed by atoms with E-state index >= 15 is 0 Å². The smallest absolute Gasteiger partial charge is 0.295 e. The maximum absolute atomic E-state index is 13.3. The van der Waals surface area contributed by atoms with E-state index < -0.39 is 28.0 Å². The summed E-state index contributed by atoms with van der Waals surface area (Å²) in [4.78, 5) is 25.7. The van der Waals surface area contributed by atoms with Crippen LogP contribution in [-0.2, 0) is 0 Å². The molecule has 0 spiro atoms. The van der Waals surface area contributed by atoms with Crippen molar-refractivity contribution in [2.24, 2.45) is 0 Å². The number of nitrogen functional groups attached to an aromatic ring is 1. The Labute approximate surface area is 123 Å². The van der Waals surface area contributed by atoms with Crippen LogP contribution in [0.3, 0.4) is 0 Å². The Morgan fingerprint density at radius 2 is 2.25 bits per heavy atom. The van der Waals surface area contributed by atoms with Crippen LogP contribution in [-0.4, -0.2) is 15.8 Å². The van der Waals surface area contributed by atoms with Gasteiger partial charge in [-0.25, -0.2) is 9.37 Å². The van der Waals surface area contributed by atoms with Crippen molar-refractivity contribution in [2.45, 2.75) is 0 Å². The van der Waals surface area contributed by atoms with Crippen LogP contribution >= 0.6 is 27.3 Å². The maximum atomic E-state index is 13.3. The van der Waals surface area contributed by atoms with Crippen LogP contribution in [0, 0.1) is 15.9 Å². The van der Waals surface area contributed by atoms with Crippen molar-refractivity contribution < 1.29 is 14.1 Å². The van der Waals surface area contributed by atoms with Gasteiger partial charge in [0.25, 0.3) is 11.6 Å². The van der Waals surface area contributed by atoms with Gasteiger partial charge in [0, 0.05) is 0 Å². The highest BCUT2D eigenvalue weighted by Gasteiger charge is 2.22. The lowest BCUT2D eigenvalue weighted by atomic mass is 10.1. The molecule has 0 saturated heterocycles. The molecule has 0 saturated carbocycles.